The molecular formula is C62H71BN2S. The zero-order chi connectivity index (χ0) is 58.6. The Labute approximate surface area is 419 Å². The number of hydrogen-bond acceptors (Lipinski definition) is 3. The summed E-state index contributed by atoms with van der Waals surface area (Å²) < 4.78 is 130. The second-order valence-corrected chi connectivity index (χ2v) is 25.4. The van der Waals surface area contributed by atoms with Crippen molar-refractivity contribution in [3.05, 3.63) is 148 Å². The summed E-state index contributed by atoms with van der Waals surface area (Å²) in [5.41, 5.74) is 2.58. The Morgan fingerprint density at radius 2 is 1.08 bits per heavy atom. The van der Waals surface area contributed by atoms with Crippen LogP contribution in [0.3, 0.4) is 0 Å². The van der Waals surface area contributed by atoms with Crippen LogP contribution in [0, 0.1) is 0 Å². The van der Waals surface area contributed by atoms with Crippen LogP contribution in [0.2, 0.25) is 0 Å². The molecule has 0 amide bonds. The molecule has 0 saturated carbocycles. The maximum absolute atomic E-state index is 10.6. The average molecular weight is 900 g/mol. The highest BCUT2D eigenvalue weighted by Crippen LogP contribution is 2.53. The van der Waals surface area contributed by atoms with Gasteiger partial charge in [-0.1, -0.05) is 171 Å². The molecular weight excluding hydrogens is 816 g/mol. The summed E-state index contributed by atoms with van der Waals surface area (Å²) in [6, 6.07) is 9.21. The fraction of sp³-hybridized carbons (Fsp3) is 0.387. The molecule has 1 aliphatic carbocycles. The number of thiophene rings is 1. The summed E-state index contributed by atoms with van der Waals surface area (Å²) >= 11 is 1.29. The van der Waals surface area contributed by atoms with Crippen molar-refractivity contribution in [3.63, 3.8) is 0 Å². The highest BCUT2D eigenvalue weighted by Gasteiger charge is 2.47. The van der Waals surface area contributed by atoms with Crippen molar-refractivity contribution in [2.45, 2.75) is 156 Å². The normalized spacial score (nSPS) is 19.3. The van der Waals surface area contributed by atoms with Crippen molar-refractivity contribution < 1.29 is 17.8 Å². The van der Waals surface area contributed by atoms with Gasteiger partial charge in [-0.3, -0.25) is 0 Å². The molecule has 2 nitrogen and oxygen atoms in total. The third-order valence-electron chi connectivity index (χ3n) is 14.1. The predicted octanol–water partition coefficient (Wildman–Crippen LogP) is 16.2. The summed E-state index contributed by atoms with van der Waals surface area (Å²) in [4.78, 5) is 3.73. The average Bonchev–Trinajstić information content (AvgIpc) is 2.75. The Balaban J connectivity index is 1.46. The lowest BCUT2D eigenvalue weighted by molar-refractivity contribution is 0.332. The Hall–Kier alpha value is -5.06. The summed E-state index contributed by atoms with van der Waals surface area (Å²) in [6.07, 6.45) is 1.94. The zero-order valence-corrected chi connectivity index (χ0v) is 42.6. The molecule has 3 heterocycles. The van der Waals surface area contributed by atoms with Crippen molar-refractivity contribution in [2.75, 3.05) is 9.80 Å². The zero-order valence-electron chi connectivity index (χ0n) is 54.8. The molecule has 7 aromatic rings. The molecule has 0 spiro atoms. The van der Waals surface area contributed by atoms with Crippen LogP contribution in [0.1, 0.15) is 175 Å². The number of benzene rings is 6. The van der Waals surface area contributed by atoms with E-state index >= 15 is 0 Å². The number of hydrogen-bond donors (Lipinski definition) is 0. The van der Waals surface area contributed by atoms with Gasteiger partial charge in [-0.2, -0.15) is 0 Å². The van der Waals surface area contributed by atoms with Crippen molar-refractivity contribution in [3.8, 4) is 11.1 Å². The second kappa shape index (κ2) is 14.7. The molecule has 0 unspecified atom stereocenters. The summed E-state index contributed by atoms with van der Waals surface area (Å²) in [5, 5.41) is 0.488. The van der Waals surface area contributed by atoms with Crippen molar-refractivity contribution in [2.24, 2.45) is 0 Å². The number of rotatable bonds is 3. The lowest BCUT2D eigenvalue weighted by atomic mass is 9.36. The molecule has 2 aliphatic heterocycles. The standard InChI is InChI=1S/C62H71BN2S/c1-57(2,3)39-22-20-38(21-23-39)44-34-40(58(4,5)6)24-29-49(44)65-50-30-25-42(60(10,11)12)36-48(50)63-54-51(18-17-19-52(54)65)64(43-27-28-46-47(37-43)62(15,16)33-32-61(46,13)14)55-45-35-41(59(7,8)9)26-31-53(45)66-56(55)63/h17-31,34-37H,32-33H2,1-16H3/i20D,21D,22D,23D,24D,25D,26D,29D,30D,31D,34D,35D,36D. The van der Waals surface area contributed by atoms with Gasteiger partial charge in [0.2, 0.25) is 0 Å². The molecule has 0 saturated heterocycles. The van der Waals surface area contributed by atoms with Crippen LogP contribution in [-0.4, -0.2) is 6.71 Å². The second-order valence-electron chi connectivity index (χ2n) is 24.3. The third kappa shape index (κ3) is 7.19. The van der Waals surface area contributed by atoms with Crippen molar-refractivity contribution in [1.82, 2.24) is 0 Å². The van der Waals surface area contributed by atoms with Crippen LogP contribution in [0.25, 0.3) is 21.2 Å². The minimum atomic E-state index is -0.932. The van der Waals surface area contributed by atoms with Crippen LogP contribution in [0.4, 0.5) is 34.1 Å². The molecule has 10 rings (SSSR count). The topological polar surface area (TPSA) is 6.48 Å². The van der Waals surface area contributed by atoms with E-state index < -0.39 is 46.5 Å². The molecule has 0 N–H and O–H groups in total. The molecule has 0 bridgehead atoms. The van der Waals surface area contributed by atoms with Gasteiger partial charge in [0.1, 0.15) is 0 Å². The quantitative estimate of drug-likeness (QED) is 0.163. The Morgan fingerprint density at radius 1 is 0.545 bits per heavy atom. The Kier molecular flexibility index (Phi) is 7.10. The third-order valence-corrected chi connectivity index (χ3v) is 15.3. The lowest BCUT2D eigenvalue weighted by Crippen LogP contribution is -2.60. The van der Waals surface area contributed by atoms with Crippen LogP contribution in [0.5, 0.6) is 0 Å². The molecule has 0 fully saturated rings. The highest BCUT2D eigenvalue weighted by atomic mass is 32.1. The van der Waals surface area contributed by atoms with E-state index in [4.69, 9.17) is 0 Å². The van der Waals surface area contributed by atoms with Crippen LogP contribution in [0.15, 0.2) is 115 Å². The van der Waals surface area contributed by atoms with E-state index in [1.54, 1.807) is 4.90 Å². The van der Waals surface area contributed by atoms with Gasteiger partial charge in [0.15, 0.2) is 0 Å². The Bertz CT molecular complexity index is 3820. The first-order valence-electron chi connectivity index (χ1n) is 30.1. The minimum Gasteiger partial charge on any atom is -0.311 e. The van der Waals surface area contributed by atoms with E-state index in [2.05, 4.69) is 50.8 Å². The molecule has 338 valence electrons. The summed E-state index contributed by atoms with van der Waals surface area (Å²) in [7, 11) is 0. The number of anilines is 6. The predicted molar refractivity (Wildman–Crippen MR) is 291 cm³/mol. The van der Waals surface area contributed by atoms with Gasteiger partial charge in [-0.15, -0.1) is 11.3 Å². The van der Waals surface area contributed by atoms with Crippen LogP contribution in [-0.2, 0) is 32.5 Å². The number of fused-ring (bicyclic) bond motifs is 7. The minimum absolute atomic E-state index is 0.0273. The number of nitrogens with zero attached hydrogens (tertiary/aromatic N) is 2. The molecule has 6 aromatic carbocycles. The van der Waals surface area contributed by atoms with E-state index in [-0.39, 0.29) is 110 Å². The van der Waals surface area contributed by atoms with E-state index in [1.807, 2.05) is 101 Å². The van der Waals surface area contributed by atoms with Crippen molar-refractivity contribution in [1.29, 1.82) is 0 Å². The Morgan fingerprint density at radius 3 is 1.70 bits per heavy atom. The van der Waals surface area contributed by atoms with Gasteiger partial charge in [-0.25, -0.2) is 0 Å². The molecule has 1 aromatic heterocycles. The fourth-order valence-corrected chi connectivity index (χ4v) is 11.1. The molecule has 0 atom stereocenters. The van der Waals surface area contributed by atoms with Crippen molar-refractivity contribution >= 4 is 78.0 Å². The molecule has 0 radical (unpaired) electrons. The van der Waals surface area contributed by atoms with Gasteiger partial charge < -0.3 is 9.80 Å². The first kappa shape index (κ1) is 31.8. The maximum atomic E-state index is 10.6. The van der Waals surface area contributed by atoms with Gasteiger partial charge in [0.05, 0.1) is 29.2 Å². The first-order valence-corrected chi connectivity index (χ1v) is 24.4. The fourth-order valence-electron chi connectivity index (χ4n) is 9.91. The monoisotopic (exact) mass is 900 g/mol. The smallest absolute Gasteiger partial charge is 0.264 e. The van der Waals surface area contributed by atoms with Gasteiger partial charge >= 0.3 is 0 Å². The summed E-state index contributed by atoms with van der Waals surface area (Å²) in [5.74, 6) is 0. The van der Waals surface area contributed by atoms with E-state index in [0.717, 1.165) is 18.5 Å². The first-order chi connectivity index (χ1) is 36.2. The summed E-state index contributed by atoms with van der Waals surface area (Å²) in [6.45, 7) is 30.6. The maximum Gasteiger partial charge on any atom is 0.264 e. The molecule has 3 aliphatic rings. The van der Waals surface area contributed by atoms with E-state index in [9.17, 15) is 17.8 Å². The van der Waals surface area contributed by atoms with Gasteiger partial charge in [-0.05, 0) is 150 Å². The lowest BCUT2D eigenvalue weighted by Gasteiger charge is -2.45. The van der Waals surface area contributed by atoms with Gasteiger partial charge in [0.25, 0.3) is 6.71 Å². The van der Waals surface area contributed by atoms with Crippen LogP contribution >= 0.6 is 11.3 Å². The van der Waals surface area contributed by atoms with E-state index in [0.29, 0.717) is 48.5 Å². The molecule has 66 heavy (non-hydrogen) atoms. The van der Waals surface area contributed by atoms with E-state index in [1.165, 1.54) is 22.5 Å². The SMILES string of the molecule is [2H]c1c([2H])c(C(C)(C)C)c([2H])c([2H])c1-c1c([2H])c(C(C)(C)C)c([2H])c([2H])c1N1c2cccc3c2B(c2sc4c([2H])c([2H])c(C(C)(C)C)c([2H])c4c2N3c2ccc3c(c2)C(C)(C)CCC3(C)C)c2c([2H])c(C(C)(C)C)c([2H])c([2H])c21. The highest BCUT2D eigenvalue weighted by molar-refractivity contribution is 7.33. The largest absolute Gasteiger partial charge is 0.311 e. The molecule has 4 heteroatoms. The van der Waals surface area contributed by atoms with Gasteiger partial charge in [0, 0.05) is 43.2 Å². The van der Waals surface area contributed by atoms with Crippen LogP contribution < -0.4 is 25.5 Å².